The van der Waals surface area contributed by atoms with E-state index < -0.39 is 0 Å². The fourth-order valence-electron chi connectivity index (χ4n) is 1.22. The molecule has 1 aromatic rings. The summed E-state index contributed by atoms with van der Waals surface area (Å²) in [6.07, 6.45) is 0.820. The molecule has 0 radical (unpaired) electrons. The summed E-state index contributed by atoms with van der Waals surface area (Å²) in [6, 6.07) is 3.77. The lowest BCUT2D eigenvalue weighted by Crippen LogP contribution is -2.03. The SMILES string of the molecule is Cc1cc(C=O)c(CON)cc1C. The summed E-state index contributed by atoms with van der Waals surface area (Å²) >= 11 is 0. The van der Waals surface area contributed by atoms with E-state index in [-0.39, 0.29) is 6.61 Å². The van der Waals surface area contributed by atoms with Gasteiger partial charge in [-0.05, 0) is 36.6 Å². The van der Waals surface area contributed by atoms with Gasteiger partial charge in [-0.15, -0.1) is 0 Å². The number of aldehydes is 1. The summed E-state index contributed by atoms with van der Waals surface area (Å²) in [5.41, 5.74) is 3.72. The standard InChI is InChI=1S/C10H13NO2/c1-7-3-9(5-12)10(6-13-11)4-8(7)2/h3-5H,6,11H2,1-2H3. The van der Waals surface area contributed by atoms with E-state index in [1.54, 1.807) is 0 Å². The quantitative estimate of drug-likeness (QED) is 0.565. The maximum absolute atomic E-state index is 10.7. The average Bonchev–Trinajstić information content (AvgIpc) is 2.11. The van der Waals surface area contributed by atoms with Crippen LogP contribution in [0.2, 0.25) is 0 Å². The summed E-state index contributed by atoms with van der Waals surface area (Å²) in [7, 11) is 0. The molecule has 1 rings (SSSR count). The molecule has 2 N–H and O–H groups in total. The van der Waals surface area contributed by atoms with Crippen LogP contribution in [0, 0.1) is 13.8 Å². The molecule has 70 valence electrons. The molecule has 0 heterocycles. The van der Waals surface area contributed by atoms with Crippen molar-refractivity contribution in [2.75, 3.05) is 0 Å². The molecule has 0 aromatic heterocycles. The Kier molecular flexibility index (Phi) is 3.17. The molecule has 0 unspecified atom stereocenters. The number of aryl methyl sites for hydroxylation is 2. The number of hydrogen-bond donors (Lipinski definition) is 1. The van der Waals surface area contributed by atoms with Crippen LogP contribution in [0.1, 0.15) is 27.0 Å². The zero-order valence-electron chi connectivity index (χ0n) is 7.83. The van der Waals surface area contributed by atoms with Crippen molar-refractivity contribution >= 4 is 6.29 Å². The largest absolute Gasteiger partial charge is 0.300 e. The predicted molar refractivity (Wildman–Crippen MR) is 50.3 cm³/mol. The lowest BCUT2D eigenvalue weighted by Gasteiger charge is -2.07. The van der Waals surface area contributed by atoms with Gasteiger partial charge in [0.1, 0.15) is 6.29 Å². The molecule has 0 spiro atoms. The van der Waals surface area contributed by atoms with Crippen LogP contribution in [-0.2, 0) is 11.4 Å². The minimum atomic E-state index is 0.273. The third kappa shape index (κ3) is 2.14. The summed E-state index contributed by atoms with van der Waals surface area (Å²) in [4.78, 5) is 15.2. The van der Waals surface area contributed by atoms with Crippen LogP contribution in [0.15, 0.2) is 12.1 Å². The van der Waals surface area contributed by atoms with Gasteiger partial charge in [0, 0.05) is 5.56 Å². The van der Waals surface area contributed by atoms with Gasteiger partial charge < -0.3 is 0 Å². The van der Waals surface area contributed by atoms with Gasteiger partial charge in [-0.1, -0.05) is 6.07 Å². The maximum Gasteiger partial charge on any atom is 0.150 e. The molecule has 0 aliphatic rings. The molecule has 3 nitrogen and oxygen atoms in total. The first kappa shape index (κ1) is 9.89. The molecule has 3 heteroatoms. The van der Waals surface area contributed by atoms with Crippen molar-refractivity contribution in [2.45, 2.75) is 20.5 Å². The fourth-order valence-corrected chi connectivity index (χ4v) is 1.22. The first-order chi connectivity index (χ1) is 6.19. The van der Waals surface area contributed by atoms with E-state index >= 15 is 0 Å². The zero-order valence-corrected chi connectivity index (χ0v) is 7.83. The minimum Gasteiger partial charge on any atom is -0.300 e. The van der Waals surface area contributed by atoms with Gasteiger partial charge in [0.15, 0.2) is 0 Å². The van der Waals surface area contributed by atoms with Gasteiger partial charge in [0.25, 0.3) is 0 Å². The molecule has 0 atom stereocenters. The molecular formula is C10H13NO2. The second-order valence-electron chi connectivity index (χ2n) is 3.06. The highest BCUT2D eigenvalue weighted by Crippen LogP contribution is 2.14. The highest BCUT2D eigenvalue weighted by Gasteiger charge is 2.03. The molecule has 0 saturated carbocycles. The number of hydrogen-bond acceptors (Lipinski definition) is 3. The van der Waals surface area contributed by atoms with Crippen LogP contribution in [0.25, 0.3) is 0 Å². The van der Waals surface area contributed by atoms with Gasteiger partial charge >= 0.3 is 0 Å². The maximum atomic E-state index is 10.7. The molecule has 0 amide bonds. The van der Waals surface area contributed by atoms with E-state index in [1.165, 1.54) is 0 Å². The van der Waals surface area contributed by atoms with E-state index in [2.05, 4.69) is 4.84 Å². The van der Waals surface area contributed by atoms with Crippen LogP contribution in [-0.4, -0.2) is 6.29 Å². The molecule has 13 heavy (non-hydrogen) atoms. The summed E-state index contributed by atoms with van der Waals surface area (Å²) in [5, 5.41) is 0. The van der Waals surface area contributed by atoms with Crippen LogP contribution >= 0.6 is 0 Å². The van der Waals surface area contributed by atoms with Gasteiger partial charge in [0.2, 0.25) is 0 Å². The van der Waals surface area contributed by atoms with E-state index in [0.29, 0.717) is 5.56 Å². The van der Waals surface area contributed by atoms with Crippen LogP contribution < -0.4 is 5.90 Å². The normalized spacial score (nSPS) is 10.1. The monoisotopic (exact) mass is 179 g/mol. The third-order valence-corrected chi connectivity index (χ3v) is 2.12. The van der Waals surface area contributed by atoms with Crippen molar-refractivity contribution in [3.05, 3.63) is 34.4 Å². The molecular weight excluding hydrogens is 166 g/mol. The molecule has 0 aliphatic carbocycles. The summed E-state index contributed by atoms with van der Waals surface area (Å²) < 4.78 is 0. The number of nitrogens with two attached hydrogens (primary N) is 1. The van der Waals surface area contributed by atoms with Crippen molar-refractivity contribution in [1.29, 1.82) is 0 Å². The Morgan fingerprint density at radius 2 is 2.00 bits per heavy atom. The first-order valence-corrected chi connectivity index (χ1v) is 4.06. The van der Waals surface area contributed by atoms with Crippen molar-refractivity contribution in [2.24, 2.45) is 5.90 Å². The smallest absolute Gasteiger partial charge is 0.150 e. The predicted octanol–water partition coefficient (Wildman–Crippen LogP) is 1.51. The molecule has 1 aromatic carbocycles. The highest BCUT2D eigenvalue weighted by molar-refractivity contribution is 5.77. The van der Waals surface area contributed by atoms with Gasteiger partial charge in [-0.25, -0.2) is 5.90 Å². The van der Waals surface area contributed by atoms with E-state index in [4.69, 9.17) is 5.90 Å². The number of rotatable bonds is 3. The van der Waals surface area contributed by atoms with E-state index in [0.717, 1.165) is 23.0 Å². The van der Waals surface area contributed by atoms with E-state index in [9.17, 15) is 4.79 Å². The van der Waals surface area contributed by atoms with E-state index in [1.807, 2.05) is 26.0 Å². The number of carbonyl (C=O) groups is 1. The molecule has 0 fully saturated rings. The minimum absolute atomic E-state index is 0.273. The van der Waals surface area contributed by atoms with Crippen LogP contribution in [0.5, 0.6) is 0 Å². The molecule has 0 saturated heterocycles. The number of benzene rings is 1. The fraction of sp³-hybridized carbons (Fsp3) is 0.300. The second kappa shape index (κ2) is 4.16. The Morgan fingerprint density at radius 1 is 1.38 bits per heavy atom. The van der Waals surface area contributed by atoms with Gasteiger partial charge in [-0.3, -0.25) is 9.63 Å². The van der Waals surface area contributed by atoms with Crippen LogP contribution in [0.3, 0.4) is 0 Å². The topological polar surface area (TPSA) is 52.3 Å². The zero-order chi connectivity index (χ0) is 9.84. The third-order valence-electron chi connectivity index (χ3n) is 2.12. The Balaban J connectivity index is 3.16. The van der Waals surface area contributed by atoms with Crippen molar-refractivity contribution in [1.82, 2.24) is 0 Å². The average molecular weight is 179 g/mol. The number of carbonyl (C=O) groups excluding carboxylic acids is 1. The van der Waals surface area contributed by atoms with Gasteiger partial charge in [-0.2, -0.15) is 0 Å². The van der Waals surface area contributed by atoms with Crippen molar-refractivity contribution in [3.8, 4) is 0 Å². The lowest BCUT2D eigenvalue weighted by molar-refractivity contribution is 0.110. The highest BCUT2D eigenvalue weighted by atomic mass is 16.6. The van der Waals surface area contributed by atoms with Crippen molar-refractivity contribution < 1.29 is 9.63 Å². The molecule has 0 bridgehead atoms. The van der Waals surface area contributed by atoms with Crippen LogP contribution in [0.4, 0.5) is 0 Å². The Hall–Kier alpha value is -1.19. The Labute approximate surface area is 77.5 Å². The lowest BCUT2D eigenvalue weighted by atomic mass is 10.0. The Morgan fingerprint density at radius 3 is 2.54 bits per heavy atom. The van der Waals surface area contributed by atoms with Crippen molar-refractivity contribution in [3.63, 3.8) is 0 Å². The van der Waals surface area contributed by atoms with Gasteiger partial charge in [0.05, 0.1) is 6.61 Å². The summed E-state index contributed by atoms with van der Waals surface area (Å²) in [6.45, 7) is 4.23. The first-order valence-electron chi connectivity index (χ1n) is 4.06. The second-order valence-corrected chi connectivity index (χ2v) is 3.06. The molecule has 0 aliphatic heterocycles. The Bertz CT molecular complexity index is 321. The summed E-state index contributed by atoms with van der Waals surface area (Å²) in [5.74, 6) is 4.96.